The van der Waals surface area contributed by atoms with E-state index in [9.17, 15) is 19.5 Å². The van der Waals surface area contributed by atoms with Crippen molar-refractivity contribution in [1.29, 1.82) is 0 Å². The number of rotatable bonds is 17. The number of phenolic OH excluding ortho intramolecular Hbond substituents is 1. The molecule has 2 saturated heterocycles. The van der Waals surface area contributed by atoms with E-state index in [1.54, 1.807) is 16.9 Å². The summed E-state index contributed by atoms with van der Waals surface area (Å²) in [6.45, 7) is 7.34. The third-order valence-corrected chi connectivity index (χ3v) is 12.8. The molecule has 1 saturated carbocycles. The molecule has 62 heavy (non-hydrogen) atoms. The quantitative estimate of drug-likeness (QED) is 0.0937. The Kier molecular flexibility index (Phi) is 14.5. The molecule has 3 aromatic carbocycles. The number of carbonyl (C=O) groups is 3. The number of morpholine rings is 1. The van der Waals surface area contributed by atoms with Gasteiger partial charge < -0.3 is 39.8 Å². The fraction of sp³-hybridized carbons (Fsp3) is 0.500. The number of fused-ring (bicyclic) bond motifs is 1. The van der Waals surface area contributed by atoms with Crippen molar-refractivity contribution in [2.24, 2.45) is 0 Å². The zero-order valence-corrected chi connectivity index (χ0v) is 35.8. The maximum absolute atomic E-state index is 13.6. The number of carbonyl (C=O) groups excluding carboxylic acids is 3. The standard InChI is InChI=1S/C48H61N7O7/c56-42-15-12-38(46-45(42)51-43(57)34-61-46)16-22-49-23-27-54(40-8-2-1-3-9-40)44(58)18-30-60-29-17-36-6-4-7-37(32-36)33-52-25-19-48(20-26-52)35-53(28-31-62-48)47(59)39-10-13-41(14-11-39)55-24-5-21-50-55/h4-7,10-15,21,24,32,40,49,56H,1-3,8-9,16-20,22-23,25-31,33-35H2,(H,51,57). The Morgan fingerprint density at radius 2 is 1.77 bits per heavy atom. The summed E-state index contributed by atoms with van der Waals surface area (Å²) in [6, 6.07) is 21.9. The van der Waals surface area contributed by atoms with Crippen molar-refractivity contribution in [3.05, 3.63) is 101 Å². The van der Waals surface area contributed by atoms with E-state index in [0.717, 1.165) is 75.8 Å². The minimum absolute atomic E-state index is 0.00579. The number of hydrogen-bond acceptors (Lipinski definition) is 10. The molecule has 1 aliphatic carbocycles. The molecule has 1 aromatic heterocycles. The van der Waals surface area contributed by atoms with E-state index >= 15 is 0 Å². The number of benzene rings is 3. The first-order chi connectivity index (χ1) is 30.3. The molecule has 3 aliphatic heterocycles. The highest BCUT2D eigenvalue weighted by molar-refractivity contribution is 5.97. The molecule has 3 N–H and O–H groups in total. The third-order valence-electron chi connectivity index (χ3n) is 12.8. The number of anilines is 1. The topological polar surface area (TPSA) is 151 Å². The number of likely N-dealkylation sites (tertiary alicyclic amines) is 1. The fourth-order valence-corrected chi connectivity index (χ4v) is 9.40. The zero-order chi connectivity index (χ0) is 42.7. The summed E-state index contributed by atoms with van der Waals surface area (Å²) in [5.41, 5.74) is 5.04. The first-order valence-electron chi connectivity index (χ1n) is 22.5. The van der Waals surface area contributed by atoms with Crippen LogP contribution in [0.15, 0.2) is 79.1 Å². The van der Waals surface area contributed by atoms with Crippen molar-refractivity contribution < 1.29 is 33.7 Å². The lowest BCUT2D eigenvalue weighted by atomic mass is 9.88. The van der Waals surface area contributed by atoms with Gasteiger partial charge >= 0.3 is 0 Å². The lowest BCUT2D eigenvalue weighted by Gasteiger charge is -2.47. The molecule has 3 amide bonds. The Morgan fingerprint density at radius 1 is 0.952 bits per heavy atom. The number of amides is 3. The number of ether oxygens (including phenoxy) is 3. The van der Waals surface area contributed by atoms with Crippen LogP contribution >= 0.6 is 0 Å². The third kappa shape index (κ3) is 11.0. The van der Waals surface area contributed by atoms with Crippen LogP contribution in [0.3, 0.4) is 0 Å². The molecule has 14 nitrogen and oxygen atoms in total. The van der Waals surface area contributed by atoms with E-state index in [2.05, 4.69) is 49.8 Å². The minimum Gasteiger partial charge on any atom is -0.506 e. The normalized spacial score (nSPS) is 17.9. The molecule has 4 aromatic rings. The van der Waals surface area contributed by atoms with Crippen LogP contribution in [0.2, 0.25) is 0 Å². The van der Waals surface area contributed by atoms with Crippen LogP contribution in [0.1, 0.15) is 78.4 Å². The molecular formula is C48H61N7O7. The maximum Gasteiger partial charge on any atom is 0.262 e. The van der Waals surface area contributed by atoms with Gasteiger partial charge in [0.2, 0.25) is 5.91 Å². The van der Waals surface area contributed by atoms with Crippen molar-refractivity contribution in [2.75, 3.05) is 77.6 Å². The average molecular weight is 848 g/mol. The molecule has 14 heteroatoms. The van der Waals surface area contributed by atoms with Crippen LogP contribution in [0, 0.1) is 0 Å². The summed E-state index contributed by atoms with van der Waals surface area (Å²) in [5, 5.41) is 20.6. The second-order valence-corrected chi connectivity index (χ2v) is 17.1. The van der Waals surface area contributed by atoms with E-state index < -0.39 is 0 Å². The number of nitrogens with zero attached hydrogens (tertiary/aromatic N) is 5. The molecule has 1 spiro atoms. The summed E-state index contributed by atoms with van der Waals surface area (Å²) < 4.78 is 19.9. The van der Waals surface area contributed by atoms with Crippen molar-refractivity contribution >= 4 is 23.4 Å². The van der Waals surface area contributed by atoms with Crippen LogP contribution in [0.5, 0.6) is 11.5 Å². The second-order valence-electron chi connectivity index (χ2n) is 17.1. The van der Waals surface area contributed by atoms with Gasteiger partial charge in [-0.25, -0.2) is 4.68 Å². The van der Waals surface area contributed by atoms with Crippen molar-refractivity contribution in [1.82, 2.24) is 29.8 Å². The number of aromatic hydroxyl groups is 1. The van der Waals surface area contributed by atoms with Gasteiger partial charge in [0.1, 0.15) is 11.4 Å². The Bertz CT molecular complexity index is 2110. The highest BCUT2D eigenvalue weighted by Crippen LogP contribution is 2.39. The van der Waals surface area contributed by atoms with Crippen LogP contribution in [-0.2, 0) is 38.4 Å². The van der Waals surface area contributed by atoms with Crippen molar-refractivity contribution in [3.8, 4) is 17.2 Å². The number of hydrogen-bond donors (Lipinski definition) is 3. The van der Waals surface area contributed by atoms with Gasteiger partial charge in [-0.2, -0.15) is 5.10 Å². The summed E-state index contributed by atoms with van der Waals surface area (Å²) in [7, 11) is 0. The van der Waals surface area contributed by atoms with Crippen LogP contribution < -0.4 is 15.4 Å². The van der Waals surface area contributed by atoms with E-state index in [0.29, 0.717) is 82.4 Å². The monoisotopic (exact) mass is 847 g/mol. The first-order valence-corrected chi connectivity index (χ1v) is 22.5. The molecule has 3 fully saturated rings. The predicted octanol–water partition coefficient (Wildman–Crippen LogP) is 5.36. The van der Waals surface area contributed by atoms with Gasteiger partial charge in [0.25, 0.3) is 11.8 Å². The molecule has 0 radical (unpaired) electrons. The van der Waals surface area contributed by atoms with Gasteiger partial charge in [0, 0.05) is 63.3 Å². The molecule has 0 bridgehead atoms. The van der Waals surface area contributed by atoms with Crippen molar-refractivity contribution in [3.63, 3.8) is 0 Å². The average Bonchev–Trinajstić information content (AvgIpc) is 3.85. The molecule has 8 rings (SSSR count). The molecule has 0 atom stereocenters. The van der Waals surface area contributed by atoms with E-state index in [1.807, 2.05) is 47.5 Å². The predicted molar refractivity (Wildman–Crippen MR) is 236 cm³/mol. The second kappa shape index (κ2) is 20.7. The minimum atomic E-state index is -0.307. The van der Waals surface area contributed by atoms with Gasteiger partial charge in [-0.05, 0) is 98.2 Å². The van der Waals surface area contributed by atoms with Crippen molar-refractivity contribution in [2.45, 2.75) is 82.4 Å². The van der Waals surface area contributed by atoms with Gasteiger partial charge in [0.05, 0.1) is 44.1 Å². The van der Waals surface area contributed by atoms with E-state index in [4.69, 9.17) is 14.2 Å². The first kappa shape index (κ1) is 43.4. The largest absolute Gasteiger partial charge is 0.506 e. The summed E-state index contributed by atoms with van der Waals surface area (Å²) in [6.07, 6.45) is 12.8. The fourth-order valence-electron chi connectivity index (χ4n) is 9.40. The molecule has 4 heterocycles. The number of piperidine rings is 1. The van der Waals surface area contributed by atoms with Gasteiger partial charge in [0.15, 0.2) is 12.4 Å². The Balaban J connectivity index is 0.741. The number of nitrogens with one attached hydrogen (secondary N) is 2. The van der Waals surface area contributed by atoms with Gasteiger partial charge in [-0.3, -0.25) is 19.3 Å². The Morgan fingerprint density at radius 3 is 2.58 bits per heavy atom. The number of phenols is 1. The SMILES string of the molecule is O=C1COc2c(CCNCCN(C(=O)CCOCCc3cccc(CN4CCC5(CC4)CN(C(=O)c4ccc(-n6cccn6)cc4)CCO5)c3)C3CCCCC3)ccc(O)c2N1. The summed E-state index contributed by atoms with van der Waals surface area (Å²) in [4.78, 5) is 45.4. The zero-order valence-electron chi connectivity index (χ0n) is 35.8. The van der Waals surface area contributed by atoms with E-state index in [1.165, 1.54) is 17.5 Å². The number of aromatic nitrogens is 2. The molecule has 330 valence electrons. The molecule has 4 aliphatic rings. The Hall–Kier alpha value is -5.28. The van der Waals surface area contributed by atoms with E-state index in [-0.39, 0.29) is 41.7 Å². The van der Waals surface area contributed by atoms with Crippen LogP contribution in [-0.4, -0.2) is 131 Å². The maximum atomic E-state index is 13.6. The molecular weight excluding hydrogens is 787 g/mol. The smallest absolute Gasteiger partial charge is 0.262 e. The van der Waals surface area contributed by atoms with Gasteiger partial charge in [-0.15, -0.1) is 0 Å². The Labute approximate surface area is 364 Å². The summed E-state index contributed by atoms with van der Waals surface area (Å²) in [5.74, 6) is 0.434. The molecule has 0 unspecified atom stereocenters. The lowest BCUT2D eigenvalue weighted by Crippen LogP contribution is -2.57. The van der Waals surface area contributed by atoms with Crippen LogP contribution in [0.4, 0.5) is 5.69 Å². The van der Waals surface area contributed by atoms with Gasteiger partial charge in [-0.1, -0.05) is 49.6 Å². The highest BCUT2D eigenvalue weighted by Gasteiger charge is 2.41. The summed E-state index contributed by atoms with van der Waals surface area (Å²) >= 11 is 0. The lowest BCUT2D eigenvalue weighted by molar-refractivity contribution is -0.135. The highest BCUT2D eigenvalue weighted by atomic mass is 16.5. The van der Waals surface area contributed by atoms with Crippen LogP contribution in [0.25, 0.3) is 5.69 Å².